The molecule has 0 aromatic rings. The zero-order valence-electron chi connectivity index (χ0n) is 18.5. The van der Waals surface area contributed by atoms with Crippen LogP contribution in [0.25, 0.3) is 0 Å². The molecule has 0 spiro atoms. The Bertz CT molecular complexity index is 503. The summed E-state index contributed by atoms with van der Waals surface area (Å²) in [6.07, 6.45) is 10.8. The number of aliphatic hydroxyl groups is 1. The van der Waals surface area contributed by atoms with Crippen molar-refractivity contribution < 1.29 is 37.9 Å². The number of rotatable bonds is 20. The summed E-state index contributed by atoms with van der Waals surface area (Å²) < 4.78 is 25.8. The van der Waals surface area contributed by atoms with E-state index in [1.165, 1.54) is 51.9 Å². The molecule has 0 aliphatic rings. The van der Waals surface area contributed by atoms with Crippen LogP contribution in [-0.4, -0.2) is 54.3 Å². The summed E-state index contributed by atoms with van der Waals surface area (Å²) in [5, 5.41) is 12.1. The van der Waals surface area contributed by atoms with Crippen LogP contribution in [-0.2, 0) is 27.9 Å². The van der Waals surface area contributed by atoms with E-state index in [1.54, 1.807) is 0 Å². The third-order valence-corrected chi connectivity index (χ3v) is 5.32. The van der Waals surface area contributed by atoms with E-state index in [4.69, 9.17) is 4.74 Å². The van der Waals surface area contributed by atoms with E-state index in [0.717, 1.165) is 19.3 Å². The molecule has 0 aromatic carbocycles. The number of unbranched alkanes of at least 4 members (excludes halogenated alkanes) is 9. The summed E-state index contributed by atoms with van der Waals surface area (Å²) in [7, 11) is -4.35. The number of carbonyl (C=O) groups excluding carboxylic acids is 2. The first-order valence-corrected chi connectivity index (χ1v) is 12.5. The lowest BCUT2D eigenvalue weighted by Crippen LogP contribution is -2.25. The third kappa shape index (κ3) is 20.3. The number of phosphoric ester groups is 1. The number of esters is 1. The van der Waals surface area contributed by atoms with Gasteiger partial charge in [0.15, 0.2) is 0 Å². The minimum Gasteiger partial charge on any atom is -0.463 e. The Morgan fingerprint density at radius 1 is 0.933 bits per heavy atom. The van der Waals surface area contributed by atoms with Gasteiger partial charge in [-0.25, -0.2) is 4.57 Å². The van der Waals surface area contributed by atoms with E-state index in [-0.39, 0.29) is 32.1 Å². The van der Waals surface area contributed by atoms with Gasteiger partial charge in [-0.3, -0.25) is 18.6 Å². The average Bonchev–Trinajstić information content (AvgIpc) is 2.69. The standard InChI is InChI=1S/C20H40NO8P/c1-3-4-5-6-7-8-9-10-11-12-13-20(24)27-16-19(23)17-29-30(25,26)28-15-14-21-18(2)22/h19,23H,3-17H2,1-2H3,(H,21,22)(H,25,26). The topological polar surface area (TPSA) is 131 Å². The number of phosphoric acid groups is 1. The van der Waals surface area contributed by atoms with Gasteiger partial charge in [0.25, 0.3) is 0 Å². The van der Waals surface area contributed by atoms with Crippen molar-refractivity contribution in [1.82, 2.24) is 5.32 Å². The van der Waals surface area contributed by atoms with Gasteiger partial charge in [0, 0.05) is 19.9 Å². The van der Waals surface area contributed by atoms with Crippen molar-refractivity contribution in [2.24, 2.45) is 0 Å². The first-order valence-electron chi connectivity index (χ1n) is 11.0. The van der Waals surface area contributed by atoms with Gasteiger partial charge in [0.1, 0.15) is 12.7 Å². The molecule has 9 nitrogen and oxygen atoms in total. The van der Waals surface area contributed by atoms with Gasteiger partial charge >= 0.3 is 13.8 Å². The molecular formula is C20H40NO8P. The average molecular weight is 454 g/mol. The van der Waals surface area contributed by atoms with E-state index in [9.17, 15) is 24.2 Å². The van der Waals surface area contributed by atoms with Crippen molar-refractivity contribution in [3.8, 4) is 0 Å². The molecule has 0 radical (unpaired) electrons. The molecule has 0 saturated carbocycles. The largest absolute Gasteiger partial charge is 0.472 e. The van der Waals surface area contributed by atoms with E-state index in [1.807, 2.05) is 0 Å². The van der Waals surface area contributed by atoms with Gasteiger partial charge < -0.3 is 20.1 Å². The number of nitrogens with one attached hydrogen (secondary N) is 1. The highest BCUT2D eigenvalue weighted by Crippen LogP contribution is 2.42. The molecule has 2 atom stereocenters. The van der Waals surface area contributed by atoms with Gasteiger partial charge in [0.2, 0.25) is 5.91 Å². The fourth-order valence-corrected chi connectivity index (χ4v) is 3.43. The number of amides is 1. The maximum Gasteiger partial charge on any atom is 0.472 e. The highest BCUT2D eigenvalue weighted by molar-refractivity contribution is 7.47. The van der Waals surface area contributed by atoms with E-state index >= 15 is 0 Å². The van der Waals surface area contributed by atoms with Gasteiger partial charge in [0.05, 0.1) is 13.2 Å². The quantitative estimate of drug-likeness (QED) is 0.145. The monoisotopic (exact) mass is 453 g/mol. The van der Waals surface area contributed by atoms with Crippen LogP contribution in [0.15, 0.2) is 0 Å². The Morgan fingerprint density at radius 2 is 1.50 bits per heavy atom. The van der Waals surface area contributed by atoms with Crippen LogP contribution in [0.1, 0.15) is 84.5 Å². The molecule has 0 heterocycles. The summed E-state index contributed by atoms with van der Waals surface area (Å²) >= 11 is 0. The van der Waals surface area contributed by atoms with Crippen molar-refractivity contribution >= 4 is 19.7 Å². The highest BCUT2D eigenvalue weighted by atomic mass is 31.2. The summed E-state index contributed by atoms with van der Waals surface area (Å²) in [4.78, 5) is 31.8. The molecule has 0 saturated heterocycles. The Labute approximate surface area is 180 Å². The molecule has 178 valence electrons. The fraction of sp³-hybridized carbons (Fsp3) is 0.900. The predicted octanol–water partition coefficient (Wildman–Crippen LogP) is 3.47. The Morgan fingerprint density at radius 3 is 2.07 bits per heavy atom. The van der Waals surface area contributed by atoms with Gasteiger partial charge in [-0.1, -0.05) is 64.7 Å². The fourth-order valence-electron chi connectivity index (χ4n) is 2.67. The second kappa shape index (κ2) is 18.8. The van der Waals surface area contributed by atoms with Crippen LogP contribution in [0.5, 0.6) is 0 Å². The molecule has 0 aromatic heterocycles. The number of carbonyl (C=O) groups is 2. The molecule has 0 rings (SSSR count). The van der Waals surface area contributed by atoms with E-state index in [0.29, 0.717) is 0 Å². The lowest BCUT2D eigenvalue weighted by molar-refractivity contribution is -0.147. The Balaban J connectivity index is 3.62. The molecule has 0 fully saturated rings. The number of hydrogen-bond donors (Lipinski definition) is 3. The van der Waals surface area contributed by atoms with Crippen LogP contribution in [0.2, 0.25) is 0 Å². The lowest BCUT2D eigenvalue weighted by Gasteiger charge is -2.15. The second-order valence-corrected chi connectivity index (χ2v) is 8.80. The third-order valence-electron chi connectivity index (χ3n) is 4.33. The maximum absolute atomic E-state index is 11.7. The molecular weight excluding hydrogens is 413 g/mol. The molecule has 30 heavy (non-hydrogen) atoms. The SMILES string of the molecule is CCCCCCCCCCCCC(=O)OCC(O)COP(=O)(O)OCCNC(C)=O. The number of ether oxygens (including phenoxy) is 1. The minimum atomic E-state index is -4.35. The van der Waals surface area contributed by atoms with Gasteiger partial charge in [-0.05, 0) is 6.42 Å². The van der Waals surface area contributed by atoms with Crippen LogP contribution < -0.4 is 5.32 Å². The Hall–Kier alpha value is -0.990. The van der Waals surface area contributed by atoms with Crippen molar-refractivity contribution in [2.75, 3.05) is 26.4 Å². The van der Waals surface area contributed by atoms with E-state index in [2.05, 4.69) is 21.3 Å². The molecule has 3 N–H and O–H groups in total. The van der Waals surface area contributed by atoms with Crippen LogP contribution in [0.3, 0.4) is 0 Å². The van der Waals surface area contributed by atoms with Crippen molar-refractivity contribution in [1.29, 1.82) is 0 Å². The van der Waals surface area contributed by atoms with Crippen molar-refractivity contribution in [3.63, 3.8) is 0 Å². The Kier molecular flexibility index (Phi) is 18.1. The van der Waals surface area contributed by atoms with Crippen molar-refractivity contribution in [2.45, 2.75) is 90.6 Å². The number of aliphatic hydroxyl groups excluding tert-OH is 1. The van der Waals surface area contributed by atoms with Crippen LogP contribution in [0, 0.1) is 0 Å². The van der Waals surface area contributed by atoms with Crippen LogP contribution >= 0.6 is 7.82 Å². The summed E-state index contributed by atoms with van der Waals surface area (Å²) in [6.45, 7) is 2.53. The molecule has 0 aliphatic heterocycles. The molecule has 0 bridgehead atoms. The summed E-state index contributed by atoms with van der Waals surface area (Å²) in [6, 6.07) is 0. The molecule has 1 amide bonds. The maximum atomic E-state index is 11.7. The molecule has 10 heteroatoms. The zero-order chi connectivity index (χ0) is 22.7. The van der Waals surface area contributed by atoms with Gasteiger partial charge in [-0.2, -0.15) is 0 Å². The highest BCUT2D eigenvalue weighted by Gasteiger charge is 2.23. The van der Waals surface area contributed by atoms with Crippen molar-refractivity contribution in [3.05, 3.63) is 0 Å². The smallest absolute Gasteiger partial charge is 0.463 e. The van der Waals surface area contributed by atoms with Gasteiger partial charge in [-0.15, -0.1) is 0 Å². The molecule has 2 unspecified atom stereocenters. The predicted molar refractivity (Wildman–Crippen MR) is 114 cm³/mol. The lowest BCUT2D eigenvalue weighted by atomic mass is 10.1. The summed E-state index contributed by atoms with van der Waals surface area (Å²) in [5.41, 5.74) is 0. The number of hydrogen-bond acceptors (Lipinski definition) is 7. The van der Waals surface area contributed by atoms with Crippen LogP contribution in [0.4, 0.5) is 0 Å². The second-order valence-electron chi connectivity index (χ2n) is 7.35. The first-order chi connectivity index (χ1) is 14.3. The zero-order valence-corrected chi connectivity index (χ0v) is 19.4. The van der Waals surface area contributed by atoms with E-state index < -0.39 is 26.5 Å². The first kappa shape index (κ1) is 29.0. The molecule has 0 aliphatic carbocycles. The summed E-state index contributed by atoms with van der Waals surface area (Å²) in [5.74, 6) is -0.699. The normalized spacial score (nSPS) is 14.1. The minimum absolute atomic E-state index is 0.0579.